The summed E-state index contributed by atoms with van der Waals surface area (Å²) in [6.45, 7) is 0. The number of hydrogen-bond donors (Lipinski definition) is 0. The van der Waals surface area contributed by atoms with Gasteiger partial charge in [-0.1, -0.05) is 237 Å². The molecule has 0 bridgehead atoms. The minimum atomic E-state index is 0.896. The zero-order valence-corrected chi connectivity index (χ0v) is 45.6. The first-order valence-corrected chi connectivity index (χ1v) is 28.4. The highest BCUT2D eigenvalue weighted by atomic mass is 14.7. The predicted octanol–water partition coefficient (Wildman–Crippen LogP) is 20.1. The summed E-state index contributed by atoms with van der Waals surface area (Å²) in [6, 6.07) is 106. The van der Waals surface area contributed by atoms with Gasteiger partial charge < -0.3 is 0 Å². The van der Waals surface area contributed by atoms with E-state index >= 15 is 0 Å². The number of nitrogens with zero attached hydrogens (tertiary/aromatic N) is 3. The molecule has 0 aliphatic heterocycles. The first-order chi connectivity index (χ1) is 40.6. The van der Waals surface area contributed by atoms with Gasteiger partial charge in [-0.15, -0.1) is 0 Å². The van der Waals surface area contributed by atoms with Gasteiger partial charge in [-0.05, 0) is 180 Å². The molecule has 0 N–H and O–H groups in total. The van der Waals surface area contributed by atoms with Gasteiger partial charge in [-0.3, -0.25) is 15.0 Å². The Morgan fingerprint density at radius 2 is 0.524 bits per heavy atom. The fourth-order valence-electron chi connectivity index (χ4n) is 11.3. The SMILES string of the molecule is c1ccc(-c2ccc(-c3cccc(-c4cc(-c5ccccn5)ccc4-c4cc(-c5ccc(-c6ccccc6)cc5)ccc4-c4cc(CCc5ccc(-c6ccccn6)cc5)cc(CCc5ccc(-c6ccccn6)cc5)c4)c3)cc2)cc1. The van der Waals surface area contributed by atoms with Gasteiger partial charge in [-0.25, -0.2) is 0 Å². The smallest absolute Gasteiger partial charge is 0.0702 e. The minimum absolute atomic E-state index is 0.896. The number of hydrogen-bond acceptors (Lipinski definition) is 3. The molecular formula is C79H59N3. The minimum Gasteiger partial charge on any atom is -0.256 e. The fourth-order valence-corrected chi connectivity index (χ4v) is 11.3. The summed E-state index contributed by atoms with van der Waals surface area (Å²) >= 11 is 0. The van der Waals surface area contributed by atoms with Crippen LogP contribution in [0.5, 0.6) is 0 Å². The van der Waals surface area contributed by atoms with Crippen molar-refractivity contribution in [3.8, 4) is 112 Å². The molecule has 3 heterocycles. The molecule has 390 valence electrons. The van der Waals surface area contributed by atoms with Crippen molar-refractivity contribution in [2.24, 2.45) is 0 Å². The molecule has 10 aromatic carbocycles. The van der Waals surface area contributed by atoms with E-state index in [4.69, 9.17) is 4.98 Å². The lowest BCUT2D eigenvalue weighted by Crippen LogP contribution is -1.98. The second kappa shape index (κ2) is 23.9. The van der Waals surface area contributed by atoms with Gasteiger partial charge in [0.1, 0.15) is 0 Å². The Kier molecular flexibility index (Phi) is 14.9. The van der Waals surface area contributed by atoms with E-state index in [2.05, 4.69) is 271 Å². The van der Waals surface area contributed by atoms with Crippen LogP contribution in [0.15, 0.2) is 310 Å². The van der Waals surface area contributed by atoms with Crippen molar-refractivity contribution in [2.75, 3.05) is 0 Å². The maximum Gasteiger partial charge on any atom is 0.0702 e. The summed E-state index contributed by atoms with van der Waals surface area (Å²) in [5.41, 5.74) is 27.9. The number of pyridine rings is 3. The molecular weight excluding hydrogens is 991 g/mol. The normalized spacial score (nSPS) is 11.1. The quantitative estimate of drug-likeness (QED) is 0.0968. The first kappa shape index (κ1) is 51.1. The Bertz CT molecular complexity index is 4130. The van der Waals surface area contributed by atoms with Crippen LogP contribution < -0.4 is 0 Å². The number of aryl methyl sites for hydroxylation is 4. The van der Waals surface area contributed by atoms with Crippen LogP contribution in [0.2, 0.25) is 0 Å². The summed E-state index contributed by atoms with van der Waals surface area (Å²) in [6.07, 6.45) is 9.21. The Morgan fingerprint density at radius 3 is 1.01 bits per heavy atom. The van der Waals surface area contributed by atoms with Crippen LogP contribution in [0.25, 0.3) is 112 Å². The molecule has 13 aromatic rings. The average molecular weight is 1050 g/mol. The highest BCUT2D eigenvalue weighted by Gasteiger charge is 2.19. The third kappa shape index (κ3) is 11.7. The van der Waals surface area contributed by atoms with Crippen LogP contribution in [0, 0.1) is 0 Å². The van der Waals surface area contributed by atoms with Gasteiger partial charge >= 0.3 is 0 Å². The average Bonchev–Trinajstić information content (AvgIpc) is 3.64. The lowest BCUT2D eigenvalue weighted by molar-refractivity contribution is 0.931. The van der Waals surface area contributed by atoms with Crippen LogP contribution >= 0.6 is 0 Å². The summed E-state index contributed by atoms with van der Waals surface area (Å²) in [5.74, 6) is 0. The Balaban J connectivity index is 0.933. The van der Waals surface area contributed by atoms with E-state index in [-0.39, 0.29) is 0 Å². The van der Waals surface area contributed by atoms with E-state index in [0.717, 1.165) is 92.8 Å². The Morgan fingerprint density at radius 1 is 0.171 bits per heavy atom. The molecule has 0 spiro atoms. The van der Waals surface area contributed by atoms with Crippen molar-refractivity contribution in [2.45, 2.75) is 25.7 Å². The Labute approximate surface area is 481 Å². The van der Waals surface area contributed by atoms with E-state index in [1.54, 1.807) is 0 Å². The molecule has 0 fully saturated rings. The molecule has 13 rings (SSSR count). The van der Waals surface area contributed by atoms with Crippen molar-refractivity contribution in [3.63, 3.8) is 0 Å². The topological polar surface area (TPSA) is 38.7 Å². The summed E-state index contributed by atoms with van der Waals surface area (Å²) in [4.78, 5) is 14.1. The molecule has 0 radical (unpaired) electrons. The summed E-state index contributed by atoms with van der Waals surface area (Å²) < 4.78 is 0. The standard InChI is InChI=1S/C79H59N3/c1-3-14-60(15-4-1)62-35-39-64(40-36-62)68-18-13-19-70(53-68)75-55-71(79-22-9-12-49-82-79)44-46-74(75)76-54-69(65-41-37-63(38-42-65)61-16-5-2-6-17-61)43-45-73(76)72-51-58(25-23-56-27-31-66(32-28-56)77-20-7-10-47-80-77)50-59(52-72)26-24-57-29-33-67(34-30-57)78-21-8-11-48-81-78/h1-22,27-55H,23-26H2. The van der Waals surface area contributed by atoms with Gasteiger partial charge in [0.15, 0.2) is 0 Å². The van der Waals surface area contributed by atoms with E-state index in [1.807, 2.05) is 48.9 Å². The zero-order valence-electron chi connectivity index (χ0n) is 45.6. The molecule has 0 aliphatic carbocycles. The van der Waals surface area contributed by atoms with Gasteiger partial charge in [0.2, 0.25) is 0 Å². The fraction of sp³-hybridized carbons (Fsp3) is 0.0506. The van der Waals surface area contributed by atoms with Gasteiger partial charge in [-0.2, -0.15) is 0 Å². The maximum absolute atomic E-state index is 4.86. The zero-order chi connectivity index (χ0) is 54.9. The third-order valence-corrected chi connectivity index (χ3v) is 15.7. The van der Waals surface area contributed by atoms with E-state index in [1.165, 1.54) is 66.8 Å². The molecule has 0 unspecified atom stereocenters. The second-order valence-corrected chi connectivity index (χ2v) is 21.1. The first-order valence-electron chi connectivity index (χ1n) is 28.4. The van der Waals surface area contributed by atoms with Crippen molar-refractivity contribution < 1.29 is 0 Å². The van der Waals surface area contributed by atoms with Crippen LogP contribution in [-0.2, 0) is 25.7 Å². The van der Waals surface area contributed by atoms with Crippen molar-refractivity contribution in [1.82, 2.24) is 15.0 Å². The second-order valence-electron chi connectivity index (χ2n) is 21.1. The van der Waals surface area contributed by atoms with E-state index < -0.39 is 0 Å². The molecule has 0 atom stereocenters. The van der Waals surface area contributed by atoms with E-state index in [9.17, 15) is 0 Å². The Hall–Kier alpha value is -10.4. The number of benzene rings is 10. The van der Waals surface area contributed by atoms with Crippen LogP contribution in [-0.4, -0.2) is 15.0 Å². The third-order valence-electron chi connectivity index (χ3n) is 15.7. The molecule has 3 nitrogen and oxygen atoms in total. The molecule has 0 saturated carbocycles. The van der Waals surface area contributed by atoms with Crippen molar-refractivity contribution in [3.05, 3.63) is 332 Å². The van der Waals surface area contributed by atoms with Crippen LogP contribution in [0.4, 0.5) is 0 Å². The molecule has 0 saturated heterocycles. The number of aromatic nitrogens is 3. The molecule has 0 aliphatic rings. The lowest BCUT2D eigenvalue weighted by atomic mass is 9.84. The summed E-state index contributed by atoms with van der Waals surface area (Å²) in [5, 5.41) is 0. The predicted molar refractivity (Wildman–Crippen MR) is 342 cm³/mol. The largest absolute Gasteiger partial charge is 0.256 e. The molecule has 3 heteroatoms. The highest BCUT2D eigenvalue weighted by molar-refractivity contribution is 5.96. The summed E-state index contributed by atoms with van der Waals surface area (Å²) in [7, 11) is 0. The van der Waals surface area contributed by atoms with E-state index in [0.29, 0.717) is 0 Å². The lowest BCUT2D eigenvalue weighted by Gasteiger charge is -2.20. The van der Waals surface area contributed by atoms with Gasteiger partial charge in [0, 0.05) is 35.3 Å². The van der Waals surface area contributed by atoms with Gasteiger partial charge in [0.25, 0.3) is 0 Å². The van der Waals surface area contributed by atoms with Crippen molar-refractivity contribution in [1.29, 1.82) is 0 Å². The van der Waals surface area contributed by atoms with Gasteiger partial charge in [0.05, 0.1) is 17.1 Å². The molecule has 3 aromatic heterocycles. The monoisotopic (exact) mass is 1050 g/mol. The highest BCUT2D eigenvalue weighted by Crippen LogP contribution is 2.44. The molecule has 0 amide bonds. The maximum atomic E-state index is 4.86. The number of rotatable bonds is 16. The molecule has 82 heavy (non-hydrogen) atoms. The van der Waals surface area contributed by atoms with Crippen LogP contribution in [0.3, 0.4) is 0 Å². The van der Waals surface area contributed by atoms with Crippen LogP contribution in [0.1, 0.15) is 22.3 Å². The van der Waals surface area contributed by atoms with Crippen molar-refractivity contribution >= 4 is 0 Å².